The summed E-state index contributed by atoms with van der Waals surface area (Å²) in [6, 6.07) is 8.34. The molecule has 6 heteroatoms. The second-order valence-corrected chi connectivity index (χ2v) is 3.95. The van der Waals surface area contributed by atoms with E-state index in [9.17, 15) is 9.59 Å². The van der Waals surface area contributed by atoms with Crippen molar-refractivity contribution in [1.29, 1.82) is 0 Å². The van der Waals surface area contributed by atoms with Crippen molar-refractivity contribution in [2.24, 2.45) is 0 Å². The molecule has 0 fully saturated rings. The summed E-state index contributed by atoms with van der Waals surface area (Å²) in [6.45, 7) is 1.46. The fourth-order valence-corrected chi connectivity index (χ4v) is 1.99. The number of hydrogen-bond donors (Lipinski definition) is 1. The first kappa shape index (κ1) is 13.3. The van der Waals surface area contributed by atoms with Gasteiger partial charge in [0.2, 0.25) is 0 Å². The van der Waals surface area contributed by atoms with E-state index in [1.807, 2.05) is 0 Å². The van der Waals surface area contributed by atoms with Gasteiger partial charge in [0, 0.05) is 11.1 Å². The lowest BCUT2D eigenvalue weighted by molar-refractivity contribution is -0.380. The zero-order chi connectivity index (χ0) is 14.0. The van der Waals surface area contributed by atoms with Crippen LogP contribution in [0.5, 0.6) is 0 Å². The van der Waals surface area contributed by atoms with E-state index in [0.717, 1.165) is 7.11 Å². The maximum atomic E-state index is 11.8. The highest BCUT2D eigenvalue weighted by atomic mass is 17.1. The van der Waals surface area contributed by atoms with Crippen molar-refractivity contribution in [2.75, 3.05) is 7.11 Å². The van der Waals surface area contributed by atoms with Gasteiger partial charge in [-0.15, -0.1) is 0 Å². The molecule has 0 bridgehead atoms. The fraction of sp³-hybridized carbons (Fsp3) is 0.231. The van der Waals surface area contributed by atoms with Gasteiger partial charge in [0.05, 0.1) is 7.11 Å². The van der Waals surface area contributed by atoms with Crippen LogP contribution in [0.2, 0.25) is 0 Å². The van der Waals surface area contributed by atoms with Crippen LogP contribution in [-0.2, 0) is 29.7 Å². The number of carbonyl (C=O) groups is 2. The van der Waals surface area contributed by atoms with Crippen molar-refractivity contribution < 1.29 is 29.2 Å². The molecule has 0 aromatic heterocycles. The molecule has 1 aromatic carbocycles. The third kappa shape index (κ3) is 1.91. The van der Waals surface area contributed by atoms with Gasteiger partial charge in [-0.2, -0.15) is 4.89 Å². The molecule has 6 nitrogen and oxygen atoms in total. The average molecular weight is 264 g/mol. The minimum absolute atomic E-state index is 0.137. The van der Waals surface area contributed by atoms with Crippen LogP contribution in [-0.4, -0.2) is 24.3 Å². The molecule has 1 aliphatic rings. The maximum absolute atomic E-state index is 11.8. The summed E-state index contributed by atoms with van der Waals surface area (Å²) < 4.78 is 9.56. The number of cyclic esters (lactones) is 1. The van der Waals surface area contributed by atoms with Crippen LogP contribution in [0.3, 0.4) is 0 Å². The van der Waals surface area contributed by atoms with E-state index in [0.29, 0.717) is 5.56 Å². The smallest absolute Gasteiger partial charge is 0.348 e. The maximum Gasteiger partial charge on any atom is 0.348 e. The Bertz CT molecular complexity index is 548. The van der Waals surface area contributed by atoms with Gasteiger partial charge in [-0.1, -0.05) is 30.3 Å². The second-order valence-electron chi connectivity index (χ2n) is 3.95. The Morgan fingerprint density at radius 2 is 1.95 bits per heavy atom. The molecule has 0 spiro atoms. The van der Waals surface area contributed by atoms with Crippen LogP contribution in [0.4, 0.5) is 0 Å². The monoisotopic (exact) mass is 264 g/mol. The minimum Gasteiger partial charge on any atom is -0.465 e. The second kappa shape index (κ2) is 4.83. The van der Waals surface area contributed by atoms with E-state index in [-0.39, 0.29) is 11.1 Å². The van der Waals surface area contributed by atoms with Gasteiger partial charge >= 0.3 is 11.9 Å². The van der Waals surface area contributed by atoms with Crippen LogP contribution in [0.15, 0.2) is 41.5 Å². The zero-order valence-corrected chi connectivity index (χ0v) is 10.4. The molecule has 1 unspecified atom stereocenters. The summed E-state index contributed by atoms with van der Waals surface area (Å²) in [7, 11) is 1.15. The van der Waals surface area contributed by atoms with Gasteiger partial charge in [0.25, 0.3) is 5.79 Å². The Morgan fingerprint density at radius 3 is 2.47 bits per heavy atom. The Morgan fingerprint density at radius 1 is 1.32 bits per heavy atom. The summed E-state index contributed by atoms with van der Waals surface area (Å²) in [5.74, 6) is -3.54. The van der Waals surface area contributed by atoms with Crippen LogP contribution in [0.1, 0.15) is 12.5 Å². The molecule has 19 heavy (non-hydrogen) atoms. The lowest BCUT2D eigenvalue weighted by Crippen LogP contribution is -2.30. The van der Waals surface area contributed by atoms with E-state index in [1.54, 1.807) is 30.3 Å². The Kier molecular flexibility index (Phi) is 3.37. The number of hydrogen-bond acceptors (Lipinski definition) is 6. The van der Waals surface area contributed by atoms with Gasteiger partial charge in [0.1, 0.15) is 0 Å². The van der Waals surface area contributed by atoms with Gasteiger partial charge in [0.15, 0.2) is 5.57 Å². The zero-order valence-electron chi connectivity index (χ0n) is 10.4. The van der Waals surface area contributed by atoms with Gasteiger partial charge in [-0.05, 0) is 6.92 Å². The third-order valence-corrected chi connectivity index (χ3v) is 2.98. The Balaban J connectivity index is 2.58. The molecule has 0 saturated heterocycles. The number of ether oxygens (including phenoxy) is 2. The summed E-state index contributed by atoms with van der Waals surface area (Å²) in [5, 5.41) is 9.17. The van der Waals surface area contributed by atoms with Crippen LogP contribution in [0, 0.1) is 0 Å². The summed E-state index contributed by atoms with van der Waals surface area (Å²) in [4.78, 5) is 27.7. The van der Waals surface area contributed by atoms with Gasteiger partial charge in [-0.25, -0.2) is 14.8 Å². The lowest BCUT2D eigenvalue weighted by atomic mass is 9.97. The number of esters is 2. The van der Waals surface area contributed by atoms with Crippen molar-refractivity contribution in [3.8, 4) is 0 Å². The van der Waals surface area contributed by atoms with E-state index < -0.39 is 17.7 Å². The predicted octanol–water partition coefficient (Wildman–Crippen LogP) is 1.38. The van der Waals surface area contributed by atoms with Crippen molar-refractivity contribution in [2.45, 2.75) is 12.7 Å². The van der Waals surface area contributed by atoms with Gasteiger partial charge < -0.3 is 9.47 Å². The average Bonchev–Trinajstić information content (AvgIpc) is 2.71. The molecule has 2 rings (SSSR count). The first-order chi connectivity index (χ1) is 9.06. The van der Waals surface area contributed by atoms with E-state index in [1.165, 1.54) is 6.92 Å². The SMILES string of the molecule is COC(=O)C1=C(C)C(OO)(c2ccccc2)OC1=O. The summed E-state index contributed by atoms with van der Waals surface area (Å²) in [5.41, 5.74) is 0.251. The molecular formula is C13H12O6. The van der Waals surface area contributed by atoms with E-state index in [4.69, 9.17) is 9.99 Å². The number of carbonyl (C=O) groups excluding carboxylic acids is 2. The van der Waals surface area contributed by atoms with Crippen molar-refractivity contribution in [3.63, 3.8) is 0 Å². The van der Waals surface area contributed by atoms with E-state index in [2.05, 4.69) is 9.62 Å². The molecule has 0 aliphatic carbocycles. The highest BCUT2D eigenvalue weighted by Gasteiger charge is 2.51. The number of rotatable bonds is 3. The molecule has 0 radical (unpaired) electrons. The highest BCUT2D eigenvalue weighted by Crippen LogP contribution is 2.41. The van der Waals surface area contributed by atoms with Crippen LogP contribution >= 0.6 is 0 Å². The van der Waals surface area contributed by atoms with Crippen molar-refractivity contribution >= 4 is 11.9 Å². The first-order valence-corrected chi connectivity index (χ1v) is 5.48. The molecule has 0 saturated carbocycles. The van der Waals surface area contributed by atoms with Crippen molar-refractivity contribution in [3.05, 3.63) is 47.0 Å². The summed E-state index contributed by atoms with van der Waals surface area (Å²) >= 11 is 0. The standard InChI is InChI=1S/C13H12O6/c1-8-10(11(14)17-2)12(15)18-13(8,19-16)9-6-4-3-5-7-9/h3-7,16H,1-2H3. The normalized spacial score (nSPS) is 22.4. The summed E-state index contributed by atoms with van der Waals surface area (Å²) in [6.07, 6.45) is 0. The Hall–Kier alpha value is -2.18. The predicted molar refractivity (Wildman–Crippen MR) is 62.6 cm³/mol. The van der Waals surface area contributed by atoms with Crippen LogP contribution < -0.4 is 0 Å². The Labute approximate surface area is 109 Å². The number of benzene rings is 1. The molecule has 1 atom stereocenters. The molecule has 1 heterocycles. The molecule has 0 amide bonds. The third-order valence-electron chi connectivity index (χ3n) is 2.98. The fourth-order valence-electron chi connectivity index (χ4n) is 1.99. The largest absolute Gasteiger partial charge is 0.465 e. The highest BCUT2D eigenvalue weighted by molar-refractivity contribution is 6.16. The first-order valence-electron chi connectivity index (χ1n) is 5.48. The van der Waals surface area contributed by atoms with E-state index >= 15 is 0 Å². The van der Waals surface area contributed by atoms with Crippen molar-refractivity contribution in [1.82, 2.24) is 0 Å². The number of methoxy groups -OCH3 is 1. The molecule has 1 aromatic rings. The van der Waals surface area contributed by atoms with Crippen LogP contribution in [0.25, 0.3) is 0 Å². The quantitative estimate of drug-likeness (QED) is 0.384. The molecule has 100 valence electrons. The lowest BCUT2D eigenvalue weighted by Gasteiger charge is -2.25. The van der Waals surface area contributed by atoms with Gasteiger partial charge in [-0.3, -0.25) is 0 Å². The molecular weight excluding hydrogens is 252 g/mol. The molecule has 1 N–H and O–H groups in total. The topological polar surface area (TPSA) is 82.1 Å². The minimum atomic E-state index is -1.80. The molecule has 1 aliphatic heterocycles.